The van der Waals surface area contributed by atoms with E-state index in [4.69, 9.17) is 0 Å². The van der Waals surface area contributed by atoms with Crippen LogP contribution in [0.3, 0.4) is 0 Å². The fraction of sp³-hybridized carbons (Fsp3) is 0.733. The molecule has 0 aliphatic heterocycles. The maximum Gasteiger partial charge on any atom is 0.0731 e. The van der Waals surface area contributed by atoms with Crippen molar-refractivity contribution in [2.75, 3.05) is 6.54 Å². The van der Waals surface area contributed by atoms with Crippen LogP contribution in [0.4, 0.5) is 0 Å². The fourth-order valence-corrected chi connectivity index (χ4v) is 3.88. The molecule has 1 aromatic heterocycles. The third-order valence-electron chi connectivity index (χ3n) is 3.27. The van der Waals surface area contributed by atoms with Gasteiger partial charge in [-0.05, 0) is 47.4 Å². The molecule has 0 saturated carbocycles. The molecule has 1 heterocycles. The third kappa shape index (κ3) is 5.41. The number of rotatable bonds is 9. The Hall–Kier alpha value is 0.140. The number of aryl methyl sites for hydroxylation is 1. The molecule has 0 saturated heterocycles. The third-order valence-corrected chi connectivity index (χ3v) is 5.52. The molecule has 1 N–H and O–H groups in total. The van der Waals surface area contributed by atoms with Gasteiger partial charge in [0.05, 0.1) is 3.79 Å². The predicted octanol–water partition coefficient (Wildman–Crippen LogP) is 5.83. The van der Waals surface area contributed by atoms with Gasteiger partial charge >= 0.3 is 0 Å². The first kappa shape index (κ1) is 16.2. The molecule has 0 aliphatic rings. The summed E-state index contributed by atoms with van der Waals surface area (Å²) in [5, 5.41) is 3.62. The highest BCUT2D eigenvalue weighted by molar-refractivity contribution is 9.11. The van der Waals surface area contributed by atoms with E-state index < -0.39 is 0 Å². The molecular formula is C15H26BrNS. The van der Waals surface area contributed by atoms with Gasteiger partial charge in [-0.2, -0.15) is 0 Å². The van der Waals surface area contributed by atoms with E-state index in [-0.39, 0.29) is 0 Å². The summed E-state index contributed by atoms with van der Waals surface area (Å²) in [7, 11) is 0. The zero-order valence-corrected chi connectivity index (χ0v) is 14.3. The van der Waals surface area contributed by atoms with Crippen molar-refractivity contribution in [1.29, 1.82) is 0 Å². The van der Waals surface area contributed by atoms with Gasteiger partial charge in [0.1, 0.15) is 0 Å². The van der Waals surface area contributed by atoms with Crippen molar-refractivity contribution in [2.45, 2.75) is 65.3 Å². The molecule has 1 rings (SSSR count). The second-order valence-corrected chi connectivity index (χ2v) is 7.32. The van der Waals surface area contributed by atoms with Crippen molar-refractivity contribution in [3.63, 3.8) is 0 Å². The molecule has 3 heteroatoms. The lowest BCUT2D eigenvalue weighted by Gasteiger charge is -2.16. The van der Waals surface area contributed by atoms with Crippen LogP contribution in [0, 0.1) is 6.92 Å². The molecule has 0 aliphatic carbocycles. The second kappa shape index (κ2) is 9.11. The van der Waals surface area contributed by atoms with Crippen LogP contribution in [0.5, 0.6) is 0 Å². The summed E-state index contributed by atoms with van der Waals surface area (Å²) in [6, 6.07) is 2.88. The summed E-state index contributed by atoms with van der Waals surface area (Å²) in [4.78, 5) is 1.48. The second-order valence-electron chi connectivity index (χ2n) is 4.92. The summed E-state index contributed by atoms with van der Waals surface area (Å²) in [6.45, 7) is 7.69. The molecule has 1 atom stereocenters. The Morgan fingerprint density at radius 3 is 2.50 bits per heavy atom. The fourth-order valence-electron chi connectivity index (χ4n) is 2.20. The molecular weight excluding hydrogens is 306 g/mol. The minimum atomic E-state index is 0.548. The monoisotopic (exact) mass is 331 g/mol. The van der Waals surface area contributed by atoms with E-state index in [0.29, 0.717) is 6.04 Å². The summed E-state index contributed by atoms with van der Waals surface area (Å²) < 4.78 is 1.28. The number of unbranched alkanes of at least 4 members (excludes halogenated alkanes) is 4. The number of hydrogen-bond acceptors (Lipinski definition) is 2. The summed E-state index contributed by atoms with van der Waals surface area (Å²) in [5.74, 6) is 0. The SMILES string of the molecule is CCCCCCCC(NCC)c1cc(C)c(Br)s1. The number of thiophene rings is 1. The van der Waals surface area contributed by atoms with Gasteiger partial charge in [0.2, 0.25) is 0 Å². The molecule has 0 amide bonds. The van der Waals surface area contributed by atoms with Gasteiger partial charge in [0.15, 0.2) is 0 Å². The molecule has 104 valence electrons. The zero-order chi connectivity index (χ0) is 13.4. The van der Waals surface area contributed by atoms with Crippen molar-refractivity contribution < 1.29 is 0 Å². The van der Waals surface area contributed by atoms with Crippen molar-refractivity contribution in [3.8, 4) is 0 Å². The van der Waals surface area contributed by atoms with E-state index in [9.17, 15) is 0 Å². The first-order chi connectivity index (χ1) is 8.69. The van der Waals surface area contributed by atoms with Gasteiger partial charge in [-0.3, -0.25) is 0 Å². The maximum absolute atomic E-state index is 3.63. The van der Waals surface area contributed by atoms with Gasteiger partial charge < -0.3 is 5.32 Å². The minimum Gasteiger partial charge on any atom is -0.310 e. The summed E-state index contributed by atoms with van der Waals surface area (Å²) in [6.07, 6.45) is 8.09. The zero-order valence-electron chi connectivity index (χ0n) is 11.9. The largest absolute Gasteiger partial charge is 0.310 e. The van der Waals surface area contributed by atoms with Gasteiger partial charge in [0, 0.05) is 10.9 Å². The lowest BCUT2D eigenvalue weighted by molar-refractivity contribution is 0.484. The molecule has 0 spiro atoms. The van der Waals surface area contributed by atoms with E-state index in [0.717, 1.165) is 6.54 Å². The molecule has 1 unspecified atom stereocenters. The molecule has 0 radical (unpaired) electrons. The Kier molecular flexibility index (Phi) is 8.20. The van der Waals surface area contributed by atoms with Crippen molar-refractivity contribution >= 4 is 27.3 Å². The van der Waals surface area contributed by atoms with Gasteiger partial charge in [-0.25, -0.2) is 0 Å². The van der Waals surface area contributed by atoms with Crippen LogP contribution < -0.4 is 5.32 Å². The van der Waals surface area contributed by atoms with E-state index in [1.165, 1.54) is 52.8 Å². The van der Waals surface area contributed by atoms with Gasteiger partial charge in [0.25, 0.3) is 0 Å². The molecule has 0 fully saturated rings. The van der Waals surface area contributed by atoms with Crippen LogP contribution in [0.25, 0.3) is 0 Å². The van der Waals surface area contributed by atoms with Crippen LogP contribution in [0.15, 0.2) is 9.85 Å². The van der Waals surface area contributed by atoms with Gasteiger partial charge in [-0.1, -0.05) is 46.0 Å². The topological polar surface area (TPSA) is 12.0 Å². The lowest BCUT2D eigenvalue weighted by atomic mass is 10.0. The summed E-state index contributed by atoms with van der Waals surface area (Å²) >= 11 is 5.51. The number of nitrogens with one attached hydrogen (secondary N) is 1. The van der Waals surface area contributed by atoms with Crippen LogP contribution >= 0.6 is 27.3 Å². The highest BCUT2D eigenvalue weighted by Crippen LogP contribution is 2.33. The highest BCUT2D eigenvalue weighted by atomic mass is 79.9. The molecule has 1 nitrogen and oxygen atoms in total. The molecule has 1 aromatic rings. The standard InChI is InChI=1S/C15H26BrNS/c1-4-6-7-8-9-10-13(17-5-2)14-11-12(3)15(16)18-14/h11,13,17H,4-10H2,1-3H3. The van der Waals surface area contributed by atoms with Crippen LogP contribution in [0.2, 0.25) is 0 Å². The van der Waals surface area contributed by atoms with Crippen molar-refractivity contribution in [3.05, 3.63) is 20.3 Å². The molecule has 18 heavy (non-hydrogen) atoms. The van der Waals surface area contributed by atoms with E-state index in [2.05, 4.69) is 48.1 Å². The molecule has 0 aromatic carbocycles. The highest BCUT2D eigenvalue weighted by Gasteiger charge is 2.13. The number of halogens is 1. The summed E-state index contributed by atoms with van der Waals surface area (Å²) in [5.41, 5.74) is 1.36. The van der Waals surface area contributed by atoms with E-state index >= 15 is 0 Å². The quantitative estimate of drug-likeness (QED) is 0.561. The van der Waals surface area contributed by atoms with E-state index in [1.807, 2.05) is 11.3 Å². The molecule has 0 bridgehead atoms. The number of hydrogen-bond donors (Lipinski definition) is 1. The first-order valence-electron chi connectivity index (χ1n) is 7.18. The Balaban J connectivity index is 2.44. The van der Waals surface area contributed by atoms with Crippen molar-refractivity contribution in [1.82, 2.24) is 5.32 Å². The lowest BCUT2D eigenvalue weighted by Crippen LogP contribution is -2.19. The smallest absolute Gasteiger partial charge is 0.0731 e. The van der Waals surface area contributed by atoms with Crippen LogP contribution in [-0.4, -0.2) is 6.54 Å². The van der Waals surface area contributed by atoms with Crippen LogP contribution in [0.1, 0.15) is 68.9 Å². The average molecular weight is 332 g/mol. The maximum atomic E-state index is 3.63. The Bertz CT molecular complexity index is 316. The normalized spacial score (nSPS) is 12.9. The van der Waals surface area contributed by atoms with Crippen LogP contribution in [-0.2, 0) is 0 Å². The average Bonchev–Trinajstić information content (AvgIpc) is 2.68. The predicted molar refractivity (Wildman–Crippen MR) is 86.5 cm³/mol. The van der Waals surface area contributed by atoms with Gasteiger partial charge in [-0.15, -0.1) is 11.3 Å². The van der Waals surface area contributed by atoms with Crippen molar-refractivity contribution in [2.24, 2.45) is 0 Å². The first-order valence-corrected chi connectivity index (χ1v) is 8.79. The Morgan fingerprint density at radius 2 is 1.94 bits per heavy atom. The minimum absolute atomic E-state index is 0.548. The van der Waals surface area contributed by atoms with E-state index in [1.54, 1.807) is 0 Å². The Labute approximate surface area is 125 Å². The Morgan fingerprint density at radius 1 is 1.22 bits per heavy atom.